The van der Waals surface area contributed by atoms with Gasteiger partial charge in [0.1, 0.15) is 0 Å². The number of hydrogen-bond donors (Lipinski definition) is 1. The standard InChI is InChI=1S/C16H12N2O2/c1-11(19)13-6-8-15(9-7-13)18-16(20)14-4-2-12(10-17)3-5-14/h2-9H,1H3,(H,18,20). The van der Waals surface area contributed by atoms with Crippen molar-refractivity contribution in [2.75, 3.05) is 5.32 Å². The number of carbonyl (C=O) groups excluding carboxylic acids is 2. The summed E-state index contributed by atoms with van der Waals surface area (Å²) in [5.41, 5.74) is 2.19. The molecule has 20 heavy (non-hydrogen) atoms. The molecule has 4 nitrogen and oxygen atoms in total. The molecule has 98 valence electrons. The van der Waals surface area contributed by atoms with Crippen LogP contribution in [0.5, 0.6) is 0 Å². The molecule has 0 aliphatic carbocycles. The van der Waals surface area contributed by atoms with Crippen LogP contribution in [0, 0.1) is 11.3 Å². The number of ketones is 1. The van der Waals surface area contributed by atoms with Gasteiger partial charge < -0.3 is 5.32 Å². The molecule has 1 amide bonds. The molecule has 0 fully saturated rings. The second kappa shape index (κ2) is 5.81. The molecular weight excluding hydrogens is 252 g/mol. The van der Waals surface area contributed by atoms with E-state index >= 15 is 0 Å². The van der Waals surface area contributed by atoms with E-state index in [9.17, 15) is 9.59 Å². The van der Waals surface area contributed by atoms with Crippen molar-refractivity contribution in [2.24, 2.45) is 0 Å². The minimum absolute atomic E-state index is 0.0185. The highest BCUT2D eigenvalue weighted by atomic mass is 16.1. The van der Waals surface area contributed by atoms with Gasteiger partial charge in [0.15, 0.2) is 5.78 Å². The second-order valence-electron chi connectivity index (χ2n) is 4.28. The van der Waals surface area contributed by atoms with Crippen molar-refractivity contribution in [3.8, 4) is 6.07 Å². The Morgan fingerprint density at radius 2 is 1.50 bits per heavy atom. The van der Waals surface area contributed by atoms with E-state index in [1.807, 2.05) is 6.07 Å². The number of rotatable bonds is 3. The third kappa shape index (κ3) is 3.09. The lowest BCUT2D eigenvalue weighted by Gasteiger charge is -2.05. The monoisotopic (exact) mass is 264 g/mol. The summed E-state index contributed by atoms with van der Waals surface area (Å²) in [4.78, 5) is 23.1. The summed E-state index contributed by atoms with van der Waals surface area (Å²) >= 11 is 0. The fourth-order valence-corrected chi connectivity index (χ4v) is 1.69. The summed E-state index contributed by atoms with van der Waals surface area (Å²) in [6.45, 7) is 1.49. The van der Waals surface area contributed by atoms with Crippen LogP contribution in [0.1, 0.15) is 33.2 Å². The summed E-state index contributed by atoms with van der Waals surface area (Å²) in [6, 6.07) is 15.1. The van der Waals surface area contributed by atoms with Crippen molar-refractivity contribution < 1.29 is 9.59 Å². The largest absolute Gasteiger partial charge is 0.322 e. The third-order valence-electron chi connectivity index (χ3n) is 2.83. The first-order valence-corrected chi connectivity index (χ1v) is 6.02. The highest BCUT2D eigenvalue weighted by Gasteiger charge is 2.06. The Kier molecular flexibility index (Phi) is 3.92. The average molecular weight is 264 g/mol. The van der Waals surface area contributed by atoms with Gasteiger partial charge in [-0.15, -0.1) is 0 Å². The van der Waals surface area contributed by atoms with Gasteiger partial charge in [0.05, 0.1) is 11.6 Å². The van der Waals surface area contributed by atoms with E-state index in [2.05, 4.69) is 5.32 Å². The first-order valence-electron chi connectivity index (χ1n) is 6.02. The van der Waals surface area contributed by atoms with Crippen LogP contribution in [0.4, 0.5) is 5.69 Å². The van der Waals surface area contributed by atoms with Crippen LogP contribution in [0.3, 0.4) is 0 Å². The van der Waals surface area contributed by atoms with Crippen molar-refractivity contribution in [3.63, 3.8) is 0 Å². The maximum absolute atomic E-state index is 12.0. The quantitative estimate of drug-likeness (QED) is 0.866. The molecule has 2 aromatic carbocycles. The molecular formula is C16H12N2O2. The number of Topliss-reactive ketones (excluding diaryl/α,β-unsaturated/α-hetero) is 1. The van der Waals surface area contributed by atoms with E-state index in [1.54, 1.807) is 48.5 Å². The molecule has 0 saturated heterocycles. The lowest BCUT2D eigenvalue weighted by molar-refractivity contribution is 0.101. The van der Waals surface area contributed by atoms with Gasteiger partial charge in [-0.2, -0.15) is 5.26 Å². The zero-order valence-electron chi connectivity index (χ0n) is 10.9. The summed E-state index contributed by atoms with van der Waals surface area (Å²) < 4.78 is 0. The molecule has 0 spiro atoms. The smallest absolute Gasteiger partial charge is 0.255 e. The predicted molar refractivity (Wildman–Crippen MR) is 75.6 cm³/mol. The molecule has 0 aromatic heterocycles. The van der Waals surface area contributed by atoms with Crippen LogP contribution < -0.4 is 5.32 Å². The zero-order valence-corrected chi connectivity index (χ0v) is 10.9. The van der Waals surface area contributed by atoms with Crippen LogP contribution in [-0.2, 0) is 0 Å². The van der Waals surface area contributed by atoms with Gasteiger partial charge in [0, 0.05) is 16.8 Å². The molecule has 2 aromatic rings. The van der Waals surface area contributed by atoms with Gasteiger partial charge in [0.25, 0.3) is 5.91 Å². The summed E-state index contributed by atoms with van der Waals surface area (Å²) in [5, 5.41) is 11.4. The lowest BCUT2D eigenvalue weighted by Crippen LogP contribution is -2.11. The van der Waals surface area contributed by atoms with Gasteiger partial charge in [-0.05, 0) is 55.5 Å². The van der Waals surface area contributed by atoms with Crippen LogP contribution in [0.15, 0.2) is 48.5 Å². The van der Waals surface area contributed by atoms with Crippen LogP contribution in [0.2, 0.25) is 0 Å². The molecule has 0 unspecified atom stereocenters. The minimum Gasteiger partial charge on any atom is -0.322 e. The Balaban J connectivity index is 2.10. The van der Waals surface area contributed by atoms with Gasteiger partial charge >= 0.3 is 0 Å². The minimum atomic E-state index is -0.259. The van der Waals surface area contributed by atoms with Gasteiger partial charge in [0.2, 0.25) is 0 Å². The average Bonchev–Trinajstić information content (AvgIpc) is 2.48. The fourth-order valence-electron chi connectivity index (χ4n) is 1.69. The SMILES string of the molecule is CC(=O)c1ccc(NC(=O)c2ccc(C#N)cc2)cc1. The summed E-state index contributed by atoms with van der Waals surface area (Å²) in [6.07, 6.45) is 0. The summed E-state index contributed by atoms with van der Waals surface area (Å²) in [7, 11) is 0. The number of nitrogens with one attached hydrogen (secondary N) is 1. The fraction of sp³-hybridized carbons (Fsp3) is 0.0625. The molecule has 0 atom stereocenters. The number of benzene rings is 2. The molecule has 0 heterocycles. The zero-order chi connectivity index (χ0) is 14.5. The van der Waals surface area contributed by atoms with Crippen molar-refractivity contribution >= 4 is 17.4 Å². The van der Waals surface area contributed by atoms with Crippen LogP contribution in [-0.4, -0.2) is 11.7 Å². The van der Waals surface area contributed by atoms with E-state index in [0.717, 1.165) is 0 Å². The number of anilines is 1. The number of nitrogens with zero attached hydrogens (tertiary/aromatic N) is 1. The number of hydrogen-bond acceptors (Lipinski definition) is 3. The van der Waals surface area contributed by atoms with Gasteiger partial charge in [-0.25, -0.2) is 0 Å². The Morgan fingerprint density at radius 3 is 2.00 bits per heavy atom. The van der Waals surface area contributed by atoms with E-state index in [0.29, 0.717) is 22.4 Å². The topological polar surface area (TPSA) is 70.0 Å². The predicted octanol–water partition coefficient (Wildman–Crippen LogP) is 3.01. The molecule has 1 N–H and O–H groups in total. The molecule has 0 radical (unpaired) electrons. The third-order valence-corrected chi connectivity index (χ3v) is 2.83. The number of nitriles is 1. The van der Waals surface area contributed by atoms with Crippen molar-refractivity contribution in [3.05, 3.63) is 65.2 Å². The van der Waals surface area contributed by atoms with Crippen LogP contribution in [0.25, 0.3) is 0 Å². The van der Waals surface area contributed by atoms with Crippen molar-refractivity contribution in [1.29, 1.82) is 5.26 Å². The van der Waals surface area contributed by atoms with Gasteiger partial charge in [-0.3, -0.25) is 9.59 Å². The number of amides is 1. The molecule has 0 saturated carbocycles. The maximum Gasteiger partial charge on any atom is 0.255 e. The molecule has 4 heteroatoms. The molecule has 0 bridgehead atoms. The first kappa shape index (κ1) is 13.5. The normalized spacial score (nSPS) is 9.60. The van der Waals surface area contributed by atoms with Crippen molar-refractivity contribution in [2.45, 2.75) is 6.92 Å². The highest BCUT2D eigenvalue weighted by molar-refractivity contribution is 6.04. The molecule has 0 aliphatic heterocycles. The Morgan fingerprint density at radius 1 is 0.950 bits per heavy atom. The van der Waals surface area contributed by atoms with E-state index in [-0.39, 0.29) is 11.7 Å². The Labute approximate surface area is 116 Å². The van der Waals surface area contributed by atoms with Crippen LogP contribution >= 0.6 is 0 Å². The molecule has 0 aliphatic rings. The number of carbonyl (C=O) groups is 2. The van der Waals surface area contributed by atoms with E-state index < -0.39 is 0 Å². The van der Waals surface area contributed by atoms with Gasteiger partial charge in [-0.1, -0.05) is 0 Å². The van der Waals surface area contributed by atoms with E-state index in [1.165, 1.54) is 6.92 Å². The first-order chi connectivity index (χ1) is 9.60. The maximum atomic E-state index is 12.0. The molecule has 2 rings (SSSR count). The van der Waals surface area contributed by atoms with E-state index in [4.69, 9.17) is 5.26 Å². The second-order valence-corrected chi connectivity index (χ2v) is 4.28. The lowest BCUT2D eigenvalue weighted by atomic mass is 10.1. The Hall–Kier alpha value is -2.93. The van der Waals surface area contributed by atoms with Crippen molar-refractivity contribution in [1.82, 2.24) is 0 Å². The highest BCUT2D eigenvalue weighted by Crippen LogP contribution is 2.12. The Bertz CT molecular complexity index is 680. The summed E-state index contributed by atoms with van der Waals surface area (Å²) in [5.74, 6) is -0.278.